The molecule has 1 aromatic rings. The SMILES string of the molecule is CSc1ccc(N)cc1C(F)(F)F.Cl. The van der Waals surface area contributed by atoms with E-state index in [1.807, 2.05) is 0 Å². The van der Waals surface area contributed by atoms with Gasteiger partial charge in [-0.25, -0.2) is 0 Å². The summed E-state index contributed by atoms with van der Waals surface area (Å²) >= 11 is 1.06. The molecule has 0 aliphatic heterocycles. The molecular formula is C8H9ClF3NS. The number of nitrogens with two attached hydrogens (primary N) is 1. The van der Waals surface area contributed by atoms with E-state index in [9.17, 15) is 13.2 Å². The van der Waals surface area contributed by atoms with Gasteiger partial charge in [-0.3, -0.25) is 0 Å². The standard InChI is InChI=1S/C8H8F3NS.ClH/c1-13-7-3-2-5(12)4-6(7)8(9,10)11;/h2-4H,12H2,1H3;1H. The molecule has 14 heavy (non-hydrogen) atoms. The van der Waals surface area contributed by atoms with Crippen molar-refractivity contribution in [3.05, 3.63) is 23.8 Å². The molecule has 0 unspecified atom stereocenters. The molecule has 0 aromatic heterocycles. The van der Waals surface area contributed by atoms with E-state index in [1.54, 1.807) is 6.26 Å². The van der Waals surface area contributed by atoms with Crippen molar-refractivity contribution in [2.24, 2.45) is 0 Å². The maximum absolute atomic E-state index is 12.3. The Morgan fingerprint density at radius 3 is 2.29 bits per heavy atom. The maximum Gasteiger partial charge on any atom is 0.417 e. The normalized spacial score (nSPS) is 10.9. The lowest BCUT2D eigenvalue weighted by atomic mass is 10.2. The Balaban J connectivity index is 0.00000169. The highest BCUT2D eigenvalue weighted by Gasteiger charge is 2.33. The first-order valence-electron chi connectivity index (χ1n) is 3.46. The second-order valence-corrected chi connectivity index (χ2v) is 3.31. The Labute approximate surface area is 90.3 Å². The minimum absolute atomic E-state index is 0. The number of nitrogen functional groups attached to an aromatic ring is 1. The van der Waals surface area contributed by atoms with Gasteiger partial charge in [0.15, 0.2) is 0 Å². The summed E-state index contributed by atoms with van der Waals surface area (Å²) < 4.78 is 37.0. The number of anilines is 1. The largest absolute Gasteiger partial charge is 0.417 e. The average molecular weight is 244 g/mol. The van der Waals surface area contributed by atoms with Crippen LogP contribution in [0.5, 0.6) is 0 Å². The van der Waals surface area contributed by atoms with Gasteiger partial charge in [0.25, 0.3) is 0 Å². The number of hydrogen-bond acceptors (Lipinski definition) is 2. The summed E-state index contributed by atoms with van der Waals surface area (Å²) in [6, 6.07) is 3.79. The van der Waals surface area contributed by atoms with Crippen molar-refractivity contribution in [1.82, 2.24) is 0 Å². The fourth-order valence-electron chi connectivity index (χ4n) is 0.947. The van der Waals surface area contributed by atoms with Crippen molar-refractivity contribution in [2.45, 2.75) is 11.1 Å². The summed E-state index contributed by atoms with van der Waals surface area (Å²) in [6.45, 7) is 0. The topological polar surface area (TPSA) is 26.0 Å². The molecule has 0 aliphatic rings. The van der Waals surface area contributed by atoms with Gasteiger partial charge < -0.3 is 5.73 Å². The van der Waals surface area contributed by atoms with E-state index >= 15 is 0 Å². The molecule has 2 N–H and O–H groups in total. The molecule has 0 saturated heterocycles. The van der Waals surface area contributed by atoms with E-state index in [-0.39, 0.29) is 23.0 Å². The number of benzene rings is 1. The van der Waals surface area contributed by atoms with Crippen LogP contribution in [-0.2, 0) is 6.18 Å². The number of halogens is 4. The van der Waals surface area contributed by atoms with Gasteiger partial charge in [0.05, 0.1) is 5.56 Å². The molecule has 0 amide bonds. The third kappa shape index (κ3) is 2.99. The summed E-state index contributed by atoms with van der Waals surface area (Å²) in [5.41, 5.74) is 4.73. The molecule has 6 heteroatoms. The van der Waals surface area contributed by atoms with Gasteiger partial charge in [-0.1, -0.05) is 0 Å². The third-order valence-electron chi connectivity index (χ3n) is 1.53. The van der Waals surface area contributed by atoms with Gasteiger partial charge in [0.2, 0.25) is 0 Å². The number of alkyl halides is 3. The highest BCUT2D eigenvalue weighted by molar-refractivity contribution is 7.98. The van der Waals surface area contributed by atoms with Crippen LogP contribution in [0.4, 0.5) is 18.9 Å². The van der Waals surface area contributed by atoms with Crippen LogP contribution in [0.2, 0.25) is 0 Å². The molecule has 0 bridgehead atoms. The average Bonchev–Trinajstić information content (AvgIpc) is 2.03. The second kappa shape index (κ2) is 4.79. The molecule has 0 heterocycles. The molecule has 0 aliphatic carbocycles. The molecule has 1 nitrogen and oxygen atoms in total. The van der Waals surface area contributed by atoms with E-state index in [4.69, 9.17) is 5.73 Å². The van der Waals surface area contributed by atoms with E-state index in [2.05, 4.69) is 0 Å². The molecule has 1 aromatic carbocycles. The summed E-state index contributed by atoms with van der Waals surface area (Å²) in [4.78, 5) is 0.196. The minimum Gasteiger partial charge on any atom is -0.399 e. The zero-order valence-corrected chi connectivity index (χ0v) is 8.89. The van der Waals surface area contributed by atoms with Gasteiger partial charge in [-0.05, 0) is 24.5 Å². The van der Waals surface area contributed by atoms with E-state index in [0.717, 1.165) is 17.8 Å². The lowest BCUT2D eigenvalue weighted by Crippen LogP contribution is -2.07. The fourth-order valence-corrected chi connectivity index (χ4v) is 1.55. The summed E-state index contributed by atoms with van der Waals surface area (Å²) in [5.74, 6) is 0. The van der Waals surface area contributed by atoms with Crippen molar-refractivity contribution in [2.75, 3.05) is 12.0 Å². The Hall–Kier alpha value is -0.550. The molecule has 0 radical (unpaired) electrons. The minimum atomic E-state index is -4.33. The Bertz CT molecular complexity index is 314. The van der Waals surface area contributed by atoms with Crippen molar-refractivity contribution in [3.8, 4) is 0 Å². The monoisotopic (exact) mass is 243 g/mol. The lowest BCUT2D eigenvalue weighted by Gasteiger charge is -2.11. The summed E-state index contributed by atoms with van der Waals surface area (Å²) in [7, 11) is 0. The molecule has 0 atom stereocenters. The van der Waals surface area contributed by atoms with Crippen LogP contribution in [0.3, 0.4) is 0 Å². The molecule has 80 valence electrons. The summed E-state index contributed by atoms with van der Waals surface area (Å²) in [6.07, 6.45) is -2.73. The highest BCUT2D eigenvalue weighted by atomic mass is 35.5. The van der Waals surface area contributed by atoms with Gasteiger partial charge >= 0.3 is 6.18 Å². The molecule has 0 fully saturated rings. The second-order valence-electron chi connectivity index (χ2n) is 2.46. The molecule has 0 spiro atoms. The Morgan fingerprint density at radius 1 is 1.29 bits per heavy atom. The first-order chi connectivity index (χ1) is 5.95. The third-order valence-corrected chi connectivity index (χ3v) is 2.32. The van der Waals surface area contributed by atoms with Crippen LogP contribution in [-0.4, -0.2) is 6.26 Å². The van der Waals surface area contributed by atoms with Crippen molar-refractivity contribution in [3.63, 3.8) is 0 Å². The number of hydrogen-bond donors (Lipinski definition) is 1. The van der Waals surface area contributed by atoms with Crippen LogP contribution in [0.25, 0.3) is 0 Å². The smallest absolute Gasteiger partial charge is 0.399 e. The van der Waals surface area contributed by atoms with Crippen molar-refractivity contribution < 1.29 is 13.2 Å². The first kappa shape index (κ1) is 13.4. The maximum atomic E-state index is 12.3. The van der Waals surface area contributed by atoms with E-state index < -0.39 is 11.7 Å². The van der Waals surface area contributed by atoms with Gasteiger partial charge in [-0.2, -0.15) is 13.2 Å². The number of thioether (sulfide) groups is 1. The molecule has 1 rings (SSSR count). The predicted octanol–water partition coefficient (Wildman–Crippen LogP) is 3.43. The quantitative estimate of drug-likeness (QED) is 0.604. The Morgan fingerprint density at radius 2 is 1.86 bits per heavy atom. The highest BCUT2D eigenvalue weighted by Crippen LogP contribution is 2.36. The van der Waals surface area contributed by atoms with Crippen LogP contribution < -0.4 is 5.73 Å². The van der Waals surface area contributed by atoms with Gasteiger partial charge in [-0.15, -0.1) is 24.2 Å². The first-order valence-corrected chi connectivity index (χ1v) is 4.68. The van der Waals surface area contributed by atoms with E-state index in [0.29, 0.717) is 0 Å². The fraction of sp³-hybridized carbons (Fsp3) is 0.250. The Kier molecular flexibility index (Phi) is 4.61. The van der Waals surface area contributed by atoms with Crippen LogP contribution in [0.1, 0.15) is 5.56 Å². The van der Waals surface area contributed by atoms with Crippen LogP contribution in [0, 0.1) is 0 Å². The van der Waals surface area contributed by atoms with E-state index in [1.165, 1.54) is 12.1 Å². The van der Waals surface area contributed by atoms with Gasteiger partial charge in [0.1, 0.15) is 0 Å². The lowest BCUT2D eigenvalue weighted by molar-refractivity contribution is -0.139. The predicted molar refractivity (Wildman–Crippen MR) is 54.9 cm³/mol. The number of rotatable bonds is 1. The zero-order valence-electron chi connectivity index (χ0n) is 7.26. The molecular weight excluding hydrogens is 235 g/mol. The van der Waals surface area contributed by atoms with Crippen molar-refractivity contribution in [1.29, 1.82) is 0 Å². The van der Waals surface area contributed by atoms with Gasteiger partial charge in [0, 0.05) is 10.6 Å². The van der Waals surface area contributed by atoms with Crippen LogP contribution >= 0.6 is 24.2 Å². The van der Waals surface area contributed by atoms with Crippen LogP contribution in [0.15, 0.2) is 23.1 Å². The molecule has 0 saturated carbocycles. The summed E-state index contributed by atoms with van der Waals surface area (Å²) in [5, 5.41) is 0. The zero-order chi connectivity index (χ0) is 10.1. The van der Waals surface area contributed by atoms with Crippen molar-refractivity contribution >= 4 is 29.9 Å².